The van der Waals surface area contributed by atoms with Gasteiger partial charge in [-0.1, -0.05) is 12.8 Å². The average Bonchev–Trinajstić information content (AvgIpc) is 2.92. The lowest BCUT2D eigenvalue weighted by molar-refractivity contribution is 0.153. The quantitative estimate of drug-likeness (QED) is 0.874. The second-order valence-electron chi connectivity index (χ2n) is 6.48. The topological polar surface area (TPSA) is 37.4 Å². The van der Waals surface area contributed by atoms with Gasteiger partial charge >= 0.3 is 0 Å². The molecule has 2 rings (SSSR count). The minimum atomic E-state index is 0.322. The first-order valence-electron chi connectivity index (χ1n) is 7.87. The average molecular weight is 291 g/mol. The van der Waals surface area contributed by atoms with Crippen LogP contribution in [0.4, 0.5) is 0 Å². The minimum absolute atomic E-state index is 0.322. The van der Waals surface area contributed by atoms with Crippen LogP contribution < -0.4 is 10.1 Å². The number of hydrogen-bond acceptors (Lipinski definition) is 4. The lowest BCUT2D eigenvalue weighted by Crippen LogP contribution is -2.49. The van der Waals surface area contributed by atoms with E-state index in [4.69, 9.17) is 4.74 Å². The number of rotatable bonds is 6. The molecular weight excluding hydrogens is 262 g/mol. The van der Waals surface area contributed by atoms with Gasteiger partial charge in [0.1, 0.15) is 5.75 Å². The molecule has 0 spiro atoms. The summed E-state index contributed by atoms with van der Waals surface area (Å²) in [5, 5.41) is 3.62. The Labute approximate surface area is 128 Å². The maximum atomic E-state index is 5.48. The van der Waals surface area contributed by atoms with Crippen molar-refractivity contribution >= 4 is 0 Å². The van der Waals surface area contributed by atoms with Crippen LogP contribution in [0.5, 0.6) is 5.75 Å². The smallest absolute Gasteiger partial charge is 0.128 e. The molecule has 1 aromatic rings. The largest absolute Gasteiger partial charge is 0.496 e. The Bertz CT molecular complexity index is 479. The van der Waals surface area contributed by atoms with E-state index in [-0.39, 0.29) is 0 Å². The number of nitrogens with zero attached hydrogens (tertiary/aromatic N) is 2. The third kappa shape index (κ3) is 3.38. The minimum Gasteiger partial charge on any atom is -0.496 e. The van der Waals surface area contributed by atoms with Crippen molar-refractivity contribution in [3.05, 3.63) is 23.0 Å². The van der Waals surface area contributed by atoms with E-state index in [1.54, 1.807) is 7.11 Å². The highest BCUT2D eigenvalue weighted by Crippen LogP contribution is 2.33. The number of aryl methyl sites for hydroxylation is 1. The lowest BCUT2D eigenvalue weighted by Gasteiger charge is -2.36. The molecule has 0 saturated heterocycles. The van der Waals surface area contributed by atoms with Crippen LogP contribution in [0.25, 0.3) is 0 Å². The van der Waals surface area contributed by atoms with E-state index in [0.29, 0.717) is 5.54 Å². The van der Waals surface area contributed by atoms with Crippen LogP contribution in [0, 0.1) is 13.8 Å². The summed E-state index contributed by atoms with van der Waals surface area (Å²) in [4.78, 5) is 6.95. The number of ether oxygens (including phenoxy) is 1. The fraction of sp³-hybridized carbons (Fsp3) is 0.706. The van der Waals surface area contributed by atoms with Crippen molar-refractivity contribution in [3.63, 3.8) is 0 Å². The number of methoxy groups -OCH3 is 1. The first kappa shape index (κ1) is 16.2. The van der Waals surface area contributed by atoms with Gasteiger partial charge in [0.05, 0.1) is 12.8 Å². The molecule has 0 aliphatic heterocycles. The van der Waals surface area contributed by atoms with Crippen LogP contribution in [0.2, 0.25) is 0 Å². The van der Waals surface area contributed by atoms with Crippen molar-refractivity contribution in [2.75, 3.05) is 27.7 Å². The molecule has 21 heavy (non-hydrogen) atoms. The molecule has 1 aliphatic carbocycles. The standard InChI is InChI=1S/C17H29N3O/c1-13-10-19-15(14(2)16(13)21-5)11-18-12-17(20(3)4)8-6-7-9-17/h10,18H,6-9,11-12H2,1-5H3. The molecule has 1 N–H and O–H groups in total. The highest BCUT2D eigenvalue weighted by molar-refractivity contribution is 5.40. The molecule has 118 valence electrons. The van der Waals surface area contributed by atoms with E-state index >= 15 is 0 Å². The van der Waals surface area contributed by atoms with Gasteiger partial charge in [-0.05, 0) is 40.8 Å². The summed E-state index contributed by atoms with van der Waals surface area (Å²) in [6, 6.07) is 0. The summed E-state index contributed by atoms with van der Waals surface area (Å²) in [5.74, 6) is 0.963. The summed E-state index contributed by atoms with van der Waals surface area (Å²) >= 11 is 0. The lowest BCUT2D eigenvalue weighted by atomic mass is 9.96. The van der Waals surface area contributed by atoms with E-state index in [2.05, 4.69) is 36.2 Å². The van der Waals surface area contributed by atoms with Crippen LogP contribution in [0.3, 0.4) is 0 Å². The van der Waals surface area contributed by atoms with E-state index in [0.717, 1.165) is 35.7 Å². The molecule has 1 heterocycles. The van der Waals surface area contributed by atoms with Crippen molar-refractivity contribution in [1.82, 2.24) is 15.2 Å². The molecule has 0 aromatic carbocycles. The van der Waals surface area contributed by atoms with Gasteiger partial charge in [-0.3, -0.25) is 4.98 Å². The van der Waals surface area contributed by atoms with E-state index in [1.807, 2.05) is 13.1 Å². The van der Waals surface area contributed by atoms with Gasteiger partial charge in [-0.2, -0.15) is 0 Å². The van der Waals surface area contributed by atoms with Gasteiger partial charge in [-0.15, -0.1) is 0 Å². The van der Waals surface area contributed by atoms with Crippen LogP contribution in [-0.2, 0) is 6.54 Å². The van der Waals surface area contributed by atoms with Crippen molar-refractivity contribution < 1.29 is 4.74 Å². The molecule has 4 nitrogen and oxygen atoms in total. The van der Waals surface area contributed by atoms with E-state index < -0.39 is 0 Å². The third-order valence-corrected chi connectivity index (χ3v) is 4.98. The highest BCUT2D eigenvalue weighted by Gasteiger charge is 2.35. The van der Waals surface area contributed by atoms with Crippen LogP contribution >= 0.6 is 0 Å². The molecule has 1 aliphatic rings. The Morgan fingerprint density at radius 3 is 2.52 bits per heavy atom. The van der Waals surface area contributed by atoms with Crippen molar-refractivity contribution in [3.8, 4) is 5.75 Å². The molecule has 1 fully saturated rings. The van der Waals surface area contributed by atoms with Gasteiger partial charge in [0.15, 0.2) is 0 Å². The molecule has 0 amide bonds. The molecule has 0 unspecified atom stereocenters. The maximum Gasteiger partial charge on any atom is 0.128 e. The van der Waals surface area contributed by atoms with Gasteiger partial charge in [0, 0.05) is 36.0 Å². The summed E-state index contributed by atoms with van der Waals surface area (Å²) in [7, 11) is 6.13. The van der Waals surface area contributed by atoms with Gasteiger partial charge < -0.3 is 15.0 Å². The molecule has 4 heteroatoms. The number of aromatic nitrogens is 1. The Morgan fingerprint density at radius 1 is 1.29 bits per heavy atom. The molecule has 0 bridgehead atoms. The Balaban J connectivity index is 2.00. The summed E-state index contributed by atoms with van der Waals surface area (Å²) < 4.78 is 5.48. The maximum absolute atomic E-state index is 5.48. The zero-order chi connectivity index (χ0) is 15.5. The number of hydrogen-bond donors (Lipinski definition) is 1. The van der Waals surface area contributed by atoms with Crippen LogP contribution in [0.15, 0.2) is 6.20 Å². The SMILES string of the molecule is COc1c(C)cnc(CNCC2(N(C)C)CCCC2)c1C. The summed E-state index contributed by atoms with van der Waals surface area (Å²) in [6.07, 6.45) is 7.17. The Kier molecular flexibility index (Phi) is 5.22. The van der Waals surface area contributed by atoms with Crippen molar-refractivity contribution in [2.45, 2.75) is 51.6 Å². The summed E-state index contributed by atoms with van der Waals surface area (Å²) in [5.41, 5.74) is 3.65. The molecule has 1 saturated carbocycles. The Morgan fingerprint density at radius 2 is 1.95 bits per heavy atom. The predicted octanol–water partition coefficient (Wildman–Crippen LogP) is 2.67. The van der Waals surface area contributed by atoms with Crippen molar-refractivity contribution in [1.29, 1.82) is 0 Å². The number of nitrogens with one attached hydrogen (secondary N) is 1. The first-order valence-corrected chi connectivity index (χ1v) is 7.87. The molecule has 0 atom stereocenters. The predicted molar refractivity (Wildman–Crippen MR) is 86.9 cm³/mol. The number of likely N-dealkylation sites (N-methyl/N-ethyl adjacent to an activating group) is 1. The third-order valence-electron chi connectivity index (χ3n) is 4.98. The summed E-state index contributed by atoms with van der Waals surface area (Å²) in [6.45, 7) is 5.96. The van der Waals surface area contributed by atoms with E-state index in [9.17, 15) is 0 Å². The highest BCUT2D eigenvalue weighted by atomic mass is 16.5. The zero-order valence-corrected chi connectivity index (χ0v) is 14.1. The molecular formula is C17H29N3O. The van der Waals surface area contributed by atoms with Gasteiger partial charge in [0.2, 0.25) is 0 Å². The zero-order valence-electron chi connectivity index (χ0n) is 14.1. The molecule has 1 aromatic heterocycles. The van der Waals surface area contributed by atoms with Crippen LogP contribution in [0.1, 0.15) is 42.5 Å². The van der Waals surface area contributed by atoms with Gasteiger partial charge in [-0.25, -0.2) is 0 Å². The molecule has 0 radical (unpaired) electrons. The van der Waals surface area contributed by atoms with Gasteiger partial charge in [0.25, 0.3) is 0 Å². The van der Waals surface area contributed by atoms with E-state index in [1.165, 1.54) is 25.7 Å². The normalized spacial score (nSPS) is 17.4. The monoisotopic (exact) mass is 291 g/mol. The number of pyridine rings is 1. The van der Waals surface area contributed by atoms with Crippen LogP contribution in [-0.4, -0.2) is 43.2 Å². The first-order chi connectivity index (χ1) is 10.00. The second-order valence-corrected chi connectivity index (χ2v) is 6.48. The Hall–Kier alpha value is -1.13. The fourth-order valence-corrected chi connectivity index (χ4v) is 3.48. The fourth-order valence-electron chi connectivity index (χ4n) is 3.48. The van der Waals surface area contributed by atoms with Crippen molar-refractivity contribution in [2.24, 2.45) is 0 Å². The second kappa shape index (κ2) is 6.75.